The number of nitrogens with zero attached hydrogens (tertiary/aromatic N) is 5. The Labute approximate surface area is 168 Å². The second-order valence-corrected chi connectivity index (χ2v) is 6.89. The van der Waals surface area contributed by atoms with Gasteiger partial charge in [0.2, 0.25) is 4.77 Å². The molecule has 0 atom stereocenters. The number of benzene rings is 2. The summed E-state index contributed by atoms with van der Waals surface area (Å²) in [6.07, 6.45) is 1.80. The first kappa shape index (κ1) is 18.1. The van der Waals surface area contributed by atoms with Gasteiger partial charge in [-0.25, -0.2) is 5.10 Å². The maximum atomic E-state index is 5.36. The van der Waals surface area contributed by atoms with Crippen molar-refractivity contribution < 1.29 is 0 Å². The second-order valence-electron chi connectivity index (χ2n) is 6.50. The number of aryl methyl sites for hydroxylation is 1. The van der Waals surface area contributed by atoms with E-state index >= 15 is 0 Å². The molecule has 7 heteroatoms. The number of aromatic amines is 1. The van der Waals surface area contributed by atoms with Crippen LogP contribution in [0.5, 0.6) is 0 Å². The molecule has 0 amide bonds. The van der Waals surface area contributed by atoms with Crippen molar-refractivity contribution in [3.8, 4) is 11.4 Å². The fourth-order valence-electron chi connectivity index (χ4n) is 3.10. The van der Waals surface area contributed by atoms with E-state index in [1.54, 1.807) is 10.9 Å². The van der Waals surface area contributed by atoms with E-state index in [1.807, 2.05) is 60.1 Å². The summed E-state index contributed by atoms with van der Waals surface area (Å²) in [5, 5.41) is 16.4. The van der Waals surface area contributed by atoms with E-state index in [0.29, 0.717) is 10.6 Å². The molecule has 0 saturated heterocycles. The summed E-state index contributed by atoms with van der Waals surface area (Å²) in [4.78, 5) is 0. The number of aromatic nitrogens is 5. The Kier molecular flexibility index (Phi) is 4.99. The van der Waals surface area contributed by atoms with Crippen molar-refractivity contribution in [2.45, 2.75) is 20.4 Å². The van der Waals surface area contributed by atoms with Gasteiger partial charge in [-0.15, -0.1) is 0 Å². The highest BCUT2D eigenvalue weighted by Gasteiger charge is 2.12. The van der Waals surface area contributed by atoms with Gasteiger partial charge >= 0.3 is 0 Å². The van der Waals surface area contributed by atoms with E-state index in [1.165, 1.54) is 5.56 Å². The summed E-state index contributed by atoms with van der Waals surface area (Å²) in [6.45, 7) is 4.77. The molecule has 0 radical (unpaired) electrons. The number of H-pyrrole nitrogens is 1. The zero-order chi connectivity index (χ0) is 19.5. The van der Waals surface area contributed by atoms with Crippen molar-refractivity contribution in [2.24, 2.45) is 5.10 Å². The van der Waals surface area contributed by atoms with Gasteiger partial charge in [0.25, 0.3) is 0 Å². The van der Waals surface area contributed by atoms with Gasteiger partial charge in [0.05, 0.1) is 18.5 Å². The van der Waals surface area contributed by atoms with Crippen molar-refractivity contribution in [2.75, 3.05) is 0 Å². The van der Waals surface area contributed by atoms with Crippen LogP contribution < -0.4 is 0 Å². The van der Waals surface area contributed by atoms with Crippen LogP contribution in [0.4, 0.5) is 0 Å². The third-order valence-electron chi connectivity index (χ3n) is 4.60. The monoisotopic (exact) mass is 388 g/mol. The lowest BCUT2D eigenvalue weighted by atomic mass is 10.2. The first-order valence-corrected chi connectivity index (χ1v) is 9.39. The van der Waals surface area contributed by atoms with E-state index in [0.717, 1.165) is 29.1 Å². The maximum absolute atomic E-state index is 5.36. The summed E-state index contributed by atoms with van der Waals surface area (Å²) >= 11 is 5.36. The van der Waals surface area contributed by atoms with Crippen LogP contribution in [0.2, 0.25) is 0 Å². The molecule has 0 spiro atoms. The Morgan fingerprint density at radius 1 is 1.04 bits per heavy atom. The molecule has 28 heavy (non-hydrogen) atoms. The summed E-state index contributed by atoms with van der Waals surface area (Å²) < 4.78 is 4.08. The van der Waals surface area contributed by atoms with Crippen molar-refractivity contribution in [1.82, 2.24) is 24.7 Å². The Balaban J connectivity index is 1.67. The van der Waals surface area contributed by atoms with Crippen LogP contribution in [-0.2, 0) is 6.54 Å². The molecule has 140 valence electrons. The standard InChI is InChI=1S/C21H20N6S/c1-15-19(16(2)26(25-15)14-17-9-5-3-6-10-17)13-22-27-20(23-24-21(27)28)18-11-7-4-8-12-18/h3-13H,14H2,1-2H3,(H,24,28)/b22-13+. The topological polar surface area (TPSA) is 63.8 Å². The van der Waals surface area contributed by atoms with Gasteiger partial charge in [-0.3, -0.25) is 4.68 Å². The molecule has 2 aromatic heterocycles. The van der Waals surface area contributed by atoms with Crippen LogP contribution in [-0.4, -0.2) is 30.9 Å². The molecule has 4 aromatic rings. The van der Waals surface area contributed by atoms with Crippen molar-refractivity contribution >= 4 is 18.4 Å². The fraction of sp³-hybridized carbons (Fsp3) is 0.143. The van der Waals surface area contributed by atoms with Crippen LogP contribution >= 0.6 is 12.2 Å². The van der Waals surface area contributed by atoms with Crippen LogP contribution in [0.25, 0.3) is 11.4 Å². The number of hydrogen-bond acceptors (Lipinski definition) is 4. The molecular formula is C21H20N6S. The molecule has 4 rings (SSSR count). The van der Waals surface area contributed by atoms with Gasteiger partial charge in [-0.2, -0.15) is 20.0 Å². The van der Waals surface area contributed by atoms with E-state index < -0.39 is 0 Å². The van der Waals surface area contributed by atoms with Gasteiger partial charge in [0, 0.05) is 16.8 Å². The van der Waals surface area contributed by atoms with E-state index in [4.69, 9.17) is 12.2 Å². The predicted molar refractivity (Wildman–Crippen MR) is 113 cm³/mol. The summed E-state index contributed by atoms with van der Waals surface area (Å²) in [7, 11) is 0. The molecule has 0 aliphatic rings. The molecule has 2 aromatic carbocycles. The third kappa shape index (κ3) is 3.57. The Hall–Kier alpha value is -3.32. The van der Waals surface area contributed by atoms with E-state index in [2.05, 4.69) is 39.5 Å². The first-order chi connectivity index (χ1) is 13.6. The van der Waals surface area contributed by atoms with Crippen LogP contribution in [0.15, 0.2) is 65.8 Å². The summed E-state index contributed by atoms with van der Waals surface area (Å²) in [6, 6.07) is 20.1. The number of hydrogen-bond donors (Lipinski definition) is 1. The van der Waals surface area contributed by atoms with E-state index in [-0.39, 0.29) is 0 Å². The highest BCUT2D eigenvalue weighted by Crippen LogP contribution is 2.17. The lowest BCUT2D eigenvalue weighted by Crippen LogP contribution is -2.04. The average Bonchev–Trinajstić information content (AvgIpc) is 3.21. The average molecular weight is 388 g/mol. The zero-order valence-corrected chi connectivity index (χ0v) is 16.5. The highest BCUT2D eigenvalue weighted by atomic mass is 32.1. The fourth-order valence-corrected chi connectivity index (χ4v) is 3.28. The number of rotatable bonds is 5. The molecule has 0 aliphatic heterocycles. The minimum atomic E-state index is 0.446. The Morgan fingerprint density at radius 2 is 1.71 bits per heavy atom. The minimum absolute atomic E-state index is 0.446. The molecule has 2 heterocycles. The van der Waals surface area contributed by atoms with Crippen LogP contribution in [0.1, 0.15) is 22.5 Å². The quantitative estimate of drug-likeness (QED) is 0.408. The molecule has 0 bridgehead atoms. The predicted octanol–water partition coefficient (Wildman–Crippen LogP) is 4.35. The smallest absolute Gasteiger partial charge is 0.216 e. The minimum Gasteiger partial charge on any atom is -0.265 e. The van der Waals surface area contributed by atoms with Crippen molar-refractivity contribution in [3.63, 3.8) is 0 Å². The van der Waals surface area contributed by atoms with Crippen LogP contribution in [0.3, 0.4) is 0 Å². The van der Waals surface area contributed by atoms with Crippen molar-refractivity contribution in [1.29, 1.82) is 0 Å². The largest absolute Gasteiger partial charge is 0.265 e. The molecular weight excluding hydrogens is 368 g/mol. The molecule has 0 aliphatic carbocycles. The Morgan fingerprint density at radius 3 is 2.43 bits per heavy atom. The van der Waals surface area contributed by atoms with Gasteiger partial charge in [-0.05, 0) is 31.6 Å². The lowest BCUT2D eigenvalue weighted by Gasteiger charge is -2.04. The van der Waals surface area contributed by atoms with Gasteiger partial charge in [0.15, 0.2) is 5.82 Å². The SMILES string of the molecule is Cc1nn(Cc2ccccc2)c(C)c1/C=N/n1c(-c2ccccc2)n[nH]c1=S. The molecule has 6 nitrogen and oxygen atoms in total. The second kappa shape index (κ2) is 7.74. The third-order valence-corrected chi connectivity index (χ3v) is 4.86. The van der Waals surface area contributed by atoms with Gasteiger partial charge in [-0.1, -0.05) is 60.7 Å². The summed E-state index contributed by atoms with van der Waals surface area (Å²) in [5.74, 6) is 0.675. The maximum Gasteiger partial charge on any atom is 0.216 e. The lowest BCUT2D eigenvalue weighted by molar-refractivity contribution is 0.659. The number of nitrogens with one attached hydrogen (secondary N) is 1. The van der Waals surface area contributed by atoms with Gasteiger partial charge < -0.3 is 0 Å². The molecule has 0 fully saturated rings. The summed E-state index contributed by atoms with van der Waals surface area (Å²) in [5.41, 5.74) is 5.12. The highest BCUT2D eigenvalue weighted by molar-refractivity contribution is 7.71. The Bertz CT molecular complexity index is 1170. The van der Waals surface area contributed by atoms with Crippen LogP contribution in [0, 0.1) is 18.6 Å². The molecule has 0 unspecified atom stereocenters. The molecule has 1 N–H and O–H groups in total. The normalized spacial score (nSPS) is 11.4. The van der Waals surface area contributed by atoms with Crippen molar-refractivity contribution in [3.05, 3.63) is 87.9 Å². The zero-order valence-electron chi connectivity index (χ0n) is 15.7. The van der Waals surface area contributed by atoms with E-state index in [9.17, 15) is 0 Å². The first-order valence-electron chi connectivity index (χ1n) is 8.98. The molecule has 0 saturated carbocycles. The van der Waals surface area contributed by atoms with Gasteiger partial charge in [0.1, 0.15) is 0 Å².